The van der Waals surface area contributed by atoms with Crippen molar-refractivity contribution in [3.63, 3.8) is 0 Å². The maximum atomic E-state index is 2.36. The van der Waals surface area contributed by atoms with Gasteiger partial charge in [0.05, 0.1) is 0 Å². The highest BCUT2D eigenvalue weighted by Gasteiger charge is 2.21. The van der Waals surface area contributed by atoms with Crippen molar-refractivity contribution in [2.24, 2.45) is 0 Å². The van der Waals surface area contributed by atoms with E-state index in [0.29, 0.717) is 0 Å². The minimum atomic E-state index is 1.03. The van der Waals surface area contributed by atoms with Gasteiger partial charge in [0.15, 0.2) is 0 Å². The molecule has 79 heavy (non-hydrogen) atoms. The molecular weight excluding hydrogens is 957 g/mol. The number of nitrogens with zero attached hydrogens (tertiary/aromatic N) is 4. The molecule has 380 valence electrons. The molecule has 0 spiro atoms. The Labute approximate surface area is 465 Å². The van der Waals surface area contributed by atoms with E-state index in [1.54, 1.807) is 0 Å². The molecule has 0 amide bonds. The first-order valence-corrected chi connectivity index (χ1v) is 27.1. The smallest absolute Gasteiger partial charge is 0.0464 e. The minimum absolute atomic E-state index is 1.03. The summed E-state index contributed by atoms with van der Waals surface area (Å²) in [4.78, 5) is 9.40. The third-order valence-electron chi connectivity index (χ3n) is 14.6. The number of hydrogen-bond acceptors (Lipinski definition) is 4. The van der Waals surface area contributed by atoms with Crippen LogP contribution in [0.1, 0.15) is 16.7 Å². The van der Waals surface area contributed by atoms with Crippen LogP contribution in [0.2, 0.25) is 0 Å². The van der Waals surface area contributed by atoms with E-state index >= 15 is 0 Å². The van der Waals surface area contributed by atoms with Gasteiger partial charge in [-0.05, 0) is 216 Å². The van der Waals surface area contributed by atoms with E-state index in [2.05, 4.69) is 350 Å². The van der Waals surface area contributed by atoms with E-state index in [9.17, 15) is 0 Å². The highest BCUT2D eigenvalue weighted by atomic mass is 15.2. The Morgan fingerprint density at radius 2 is 0.329 bits per heavy atom. The Morgan fingerprint density at radius 3 is 0.532 bits per heavy atom. The van der Waals surface area contributed by atoms with Gasteiger partial charge in [0, 0.05) is 68.2 Å². The molecule has 0 saturated carbocycles. The van der Waals surface area contributed by atoms with Crippen molar-refractivity contribution in [3.8, 4) is 33.4 Å². The predicted octanol–water partition coefficient (Wildman–Crippen LogP) is 21.5. The molecule has 0 fully saturated rings. The van der Waals surface area contributed by atoms with Gasteiger partial charge in [-0.1, -0.05) is 164 Å². The molecule has 0 aliphatic heterocycles. The van der Waals surface area contributed by atoms with Crippen molar-refractivity contribution in [1.29, 1.82) is 0 Å². The van der Waals surface area contributed by atoms with Crippen LogP contribution in [0.5, 0.6) is 0 Å². The molecule has 0 aromatic heterocycles. The zero-order chi connectivity index (χ0) is 53.5. The molecule has 0 heterocycles. The lowest BCUT2D eigenvalue weighted by Crippen LogP contribution is -2.14. The van der Waals surface area contributed by atoms with Crippen molar-refractivity contribution < 1.29 is 0 Å². The lowest BCUT2D eigenvalue weighted by Gasteiger charge is -2.30. The highest BCUT2D eigenvalue weighted by Crippen LogP contribution is 2.44. The fourth-order valence-corrected chi connectivity index (χ4v) is 10.6. The first-order chi connectivity index (χ1) is 38.9. The second kappa shape index (κ2) is 22.6. The fraction of sp³-hybridized carbons (Fsp3) is 0.0400. The van der Waals surface area contributed by atoms with Gasteiger partial charge >= 0.3 is 0 Å². The summed E-state index contributed by atoms with van der Waals surface area (Å²) >= 11 is 0. The highest BCUT2D eigenvalue weighted by molar-refractivity contribution is 5.86. The molecule has 12 aromatic rings. The average molecular weight is 1020 g/mol. The van der Waals surface area contributed by atoms with Crippen LogP contribution in [0.3, 0.4) is 0 Å². The van der Waals surface area contributed by atoms with Crippen LogP contribution in [-0.4, -0.2) is 0 Å². The van der Waals surface area contributed by atoms with Crippen LogP contribution in [0, 0.1) is 20.8 Å². The van der Waals surface area contributed by atoms with Gasteiger partial charge in [-0.25, -0.2) is 0 Å². The maximum Gasteiger partial charge on any atom is 0.0464 e. The van der Waals surface area contributed by atoms with E-state index < -0.39 is 0 Å². The quantitative estimate of drug-likeness (QED) is 0.101. The zero-order valence-electron chi connectivity index (χ0n) is 44.7. The molecule has 0 bridgehead atoms. The van der Waals surface area contributed by atoms with Crippen LogP contribution >= 0.6 is 0 Å². The van der Waals surface area contributed by atoms with Crippen LogP contribution < -0.4 is 19.6 Å². The Morgan fingerprint density at radius 1 is 0.152 bits per heavy atom. The van der Waals surface area contributed by atoms with Crippen molar-refractivity contribution in [1.82, 2.24) is 0 Å². The first kappa shape index (κ1) is 49.7. The summed E-state index contributed by atoms with van der Waals surface area (Å²) in [7, 11) is 0. The van der Waals surface area contributed by atoms with Gasteiger partial charge in [0.2, 0.25) is 0 Å². The molecule has 12 rings (SSSR count). The normalized spacial score (nSPS) is 11.0. The summed E-state index contributed by atoms with van der Waals surface area (Å²) in [5, 5.41) is 0. The molecular formula is C75H60N4. The molecule has 4 heteroatoms. The molecule has 0 N–H and O–H groups in total. The first-order valence-electron chi connectivity index (χ1n) is 27.1. The standard InChI is InChI=1S/C75H60N4/c1-55-16-13-25-73(52-55)77(64-34-28-61(29-35-64)58-19-7-4-8-20-58)70-46-40-67(41-47-70)76(68-42-48-71(49-43-68)78(74-26-14-17-56(2)53-74)65-36-30-62(31-37-65)59-21-9-5-10-22-59)69-44-50-72(51-45-69)79(75-27-15-18-57(3)54-75)66-38-32-63(33-39-66)60-23-11-6-12-24-60/h4-54H,1-3H3. The fourth-order valence-electron chi connectivity index (χ4n) is 10.6. The predicted molar refractivity (Wildman–Crippen MR) is 336 cm³/mol. The summed E-state index contributed by atoms with van der Waals surface area (Å²) in [5.74, 6) is 0. The van der Waals surface area contributed by atoms with Gasteiger partial charge < -0.3 is 19.6 Å². The second-order valence-corrected chi connectivity index (χ2v) is 20.1. The van der Waals surface area contributed by atoms with E-state index in [-0.39, 0.29) is 0 Å². The van der Waals surface area contributed by atoms with Gasteiger partial charge in [-0.3, -0.25) is 0 Å². The second-order valence-electron chi connectivity index (χ2n) is 20.1. The van der Waals surface area contributed by atoms with Crippen LogP contribution in [0.4, 0.5) is 68.2 Å². The van der Waals surface area contributed by atoms with Crippen molar-refractivity contribution in [2.75, 3.05) is 19.6 Å². The summed E-state index contributed by atoms with van der Waals surface area (Å²) in [5.41, 5.74) is 23.6. The average Bonchev–Trinajstić information content (AvgIpc) is 3.55. The van der Waals surface area contributed by atoms with Crippen LogP contribution in [-0.2, 0) is 0 Å². The SMILES string of the molecule is Cc1cccc(N(c2ccc(-c3ccccc3)cc2)c2ccc(N(c3ccc(N(c4ccc(-c5ccccc5)cc4)c4cccc(C)c4)cc3)c3ccc(N(c4ccc(-c5ccccc5)cc4)c4cccc(C)c4)cc3)cc2)c1. The van der Waals surface area contributed by atoms with Gasteiger partial charge in [0.25, 0.3) is 0 Å². The number of anilines is 12. The number of hydrogen-bond donors (Lipinski definition) is 0. The zero-order valence-corrected chi connectivity index (χ0v) is 44.7. The van der Waals surface area contributed by atoms with E-state index in [0.717, 1.165) is 68.2 Å². The summed E-state index contributed by atoms with van der Waals surface area (Å²) in [6.07, 6.45) is 0. The van der Waals surface area contributed by atoms with Crippen molar-refractivity contribution in [3.05, 3.63) is 326 Å². The third-order valence-corrected chi connectivity index (χ3v) is 14.6. The number of rotatable bonds is 15. The molecule has 12 aromatic carbocycles. The Kier molecular flexibility index (Phi) is 14.2. The topological polar surface area (TPSA) is 13.0 Å². The largest absolute Gasteiger partial charge is 0.310 e. The van der Waals surface area contributed by atoms with Crippen molar-refractivity contribution >= 4 is 68.2 Å². The Balaban J connectivity index is 0.942. The van der Waals surface area contributed by atoms with E-state index in [1.165, 1.54) is 50.1 Å². The Bertz CT molecular complexity index is 3520. The molecule has 0 atom stereocenters. The molecule has 0 unspecified atom stereocenters. The van der Waals surface area contributed by atoms with E-state index in [1.807, 2.05) is 0 Å². The summed E-state index contributed by atoms with van der Waals surface area (Å²) in [6, 6.07) is 112. The summed E-state index contributed by atoms with van der Waals surface area (Å²) in [6.45, 7) is 6.46. The molecule has 0 radical (unpaired) electrons. The van der Waals surface area contributed by atoms with Gasteiger partial charge in [0.1, 0.15) is 0 Å². The lowest BCUT2D eigenvalue weighted by molar-refractivity contribution is 1.23. The third kappa shape index (κ3) is 11.0. The number of aryl methyl sites for hydroxylation is 3. The van der Waals surface area contributed by atoms with Gasteiger partial charge in [-0.15, -0.1) is 0 Å². The van der Waals surface area contributed by atoms with E-state index in [4.69, 9.17) is 0 Å². The minimum Gasteiger partial charge on any atom is -0.310 e. The molecule has 4 nitrogen and oxygen atoms in total. The molecule has 0 aliphatic rings. The molecule has 0 aliphatic carbocycles. The van der Waals surface area contributed by atoms with Crippen molar-refractivity contribution in [2.45, 2.75) is 20.8 Å². The summed E-state index contributed by atoms with van der Waals surface area (Å²) < 4.78 is 0. The van der Waals surface area contributed by atoms with Crippen LogP contribution in [0.25, 0.3) is 33.4 Å². The molecule has 0 saturated heterocycles. The van der Waals surface area contributed by atoms with Gasteiger partial charge in [-0.2, -0.15) is 0 Å². The monoisotopic (exact) mass is 1020 g/mol. The number of benzene rings is 12. The lowest BCUT2D eigenvalue weighted by atomic mass is 10.0. The maximum absolute atomic E-state index is 2.36. The van der Waals surface area contributed by atoms with Crippen LogP contribution in [0.15, 0.2) is 309 Å². The Hall–Kier alpha value is -10.2.